The average molecular weight is 596 g/mol. The molecule has 1 amide bonds. The van der Waals surface area contributed by atoms with Crippen LogP contribution in [0.1, 0.15) is 45.8 Å². The molecule has 43 heavy (non-hydrogen) atoms. The summed E-state index contributed by atoms with van der Waals surface area (Å²) in [5.74, 6) is 0.410. The van der Waals surface area contributed by atoms with Crippen molar-refractivity contribution in [3.8, 4) is 16.9 Å². The van der Waals surface area contributed by atoms with Crippen molar-refractivity contribution in [1.29, 1.82) is 0 Å². The van der Waals surface area contributed by atoms with Crippen molar-refractivity contribution in [1.82, 2.24) is 29.2 Å². The fraction of sp³-hybridized carbons (Fsp3) is 0.400. The molecule has 3 aliphatic rings. The van der Waals surface area contributed by atoms with E-state index in [1.54, 1.807) is 15.4 Å². The zero-order valence-electron chi connectivity index (χ0n) is 23.4. The second-order valence-electron chi connectivity index (χ2n) is 11.4. The Morgan fingerprint density at radius 1 is 1.09 bits per heavy atom. The van der Waals surface area contributed by atoms with Gasteiger partial charge in [-0.3, -0.25) is 9.20 Å². The molecule has 1 saturated heterocycles. The monoisotopic (exact) mass is 595 g/mol. The number of ether oxygens (including phenoxy) is 1. The van der Waals surface area contributed by atoms with Gasteiger partial charge in [-0.25, -0.2) is 19.3 Å². The van der Waals surface area contributed by atoms with E-state index in [0.717, 1.165) is 37.6 Å². The first-order valence-corrected chi connectivity index (χ1v) is 14.3. The van der Waals surface area contributed by atoms with Crippen LogP contribution in [0.3, 0.4) is 0 Å². The van der Waals surface area contributed by atoms with E-state index < -0.39 is 11.9 Å². The Morgan fingerprint density at radius 2 is 1.91 bits per heavy atom. The van der Waals surface area contributed by atoms with Crippen molar-refractivity contribution in [2.24, 2.45) is 5.92 Å². The Labute approximate surface area is 244 Å². The van der Waals surface area contributed by atoms with Crippen molar-refractivity contribution in [2.45, 2.75) is 38.5 Å². The van der Waals surface area contributed by atoms with E-state index in [0.29, 0.717) is 53.5 Å². The maximum absolute atomic E-state index is 14.8. The number of halogens is 4. The van der Waals surface area contributed by atoms with Gasteiger partial charge >= 0.3 is 6.18 Å². The van der Waals surface area contributed by atoms with Crippen molar-refractivity contribution in [3.05, 3.63) is 70.8 Å². The minimum atomic E-state index is -4.64. The lowest BCUT2D eigenvalue weighted by atomic mass is 9.95. The van der Waals surface area contributed by atoms with Gasteiger partial charge in [0.05, 0.1) is 24.4 Å². The number of imidazole rings is 1. The van der Waals surface area contributed by atoms with E-state index in [-0.39, 0.29) is 42.1 Å². The standard InChI is InChI=1S/C30H29F4N7O2/c1-39-9-6-17(7-10-39)14-40-15-23-18(2-5-25(38-23)30(32,33)34)21-13-36-29(41-16-37-26(27(21)41)28(40)42)35-12-20-19-8-11-43-24(19)4-3-22(20)31/h2-5,13,16-17H,6-12,14-15H2,1H3,(H,35,36). The molecule has 3 aliphatic heterocycles. The van der Waals surface area contributed by atoms with E-state index in [2.05, 4.69) is 25.2 Å². The SMILES string of the molecule is CN1CCC(CN2Cc3nc(C(F)(F)F)ccc3-c3cnc(NCc4c(F)ccc5c4CCO5)n4cnc(c34)C2=O)CC1. The molecule has 1 fully saturated rings. The van der Waals surface area contributed by atoms with Crippen LogP contribution in [0.4, 0.5) is 23.5 Å². The maximum Gasteiger partial charge on any atom is 0.433 e. The molecule has 3 aromatic heterocycles. The number of pyridine rings is 1. The number of nitrogens with zero attached hydrogens (tertiary/aromatic N) is 6. The van der Waals surface area contributed by atoms with Crippen LogP contribution < -0.4 is 10.1 Å². The van der Waals surface area contributed by atoms with Gasteiger partial charge in [-0.1, -0.05) is 6.07 Å². The number of carbonyl (C=O) groups excluding carboxylic acids is 1. The van der Waals surface area contributed by atoms with Crippen LogP contribution in [0.2, 0.25) is 0 Å². The molecule has 1 aromatic carbocycles. The molecule has 1 N–H and O–H groups in total. The molecule has 0 spiro atoms. The van der Waals surface area contributed by atoms with Crippen LogP contribution in [0.25, 0.3) is 16.6 Å². The molecule has 6 heterocycles. The third-order valence-corrected chi connectivity index (χ3v) is 8.63. The highest BCUT2D eigenvalue weighted by Gasteiger charge is 2.36. The quantitative estimate of drug-likeness (QED) is 0.332. The van der Waals surface area contributed by atoms with Crippen molar-refractivity contribution in [2.75, 3.05) is 38.6 Å². The molecule has 0 bridgehead atoms. The highest BCUT2D eigenvalue weighted by Crippen LogP contribution is 2.37. The van der Waals surface area contributed by atoms with Gasteiger partial charge in [-0.2, -0.15) is 13.2 Å². The molecule has 4 aromatic rings. The zero-order valence-corrected chi connectivity index (χ0v) is 23.4. The number of piperidine rings is 1. The average Bonchev–Trinajstić information content (AvgIpc) is 3.64. The fourth-order valence-electron chi connectivity index (χ4n) is 6.30. The van der Waals surface area contributed by atoms with Crippen molar-refractivity contribution in [3.63, 3.8) is 0 Å². The Bertz CT molecular complexity index is 1730. The Kier molecular flexibility index (Phi) is 6.71. The van der Waals surface area contributed by atoms with E-state index in [4.69, 9.17) is 4.74 Å². The predicted octanol–water partition coefficient (Wildman–Crippen LogP) is 4.79. The molecule has 0 saturated carbocycles. The molecule has 0 atom stereocenters. The maximum atomic E-state index is 14.8. The smallest absolute Gasteiger partial charge is 0.433 e. The number of hydrogen-bond donors (Lipinski definition) is 1. The molecule has 13 heteroatoms. The summed E-state index contributed by atoms with van der Waals surface area (Å²) in [4.78, 5) is 30.8. The van der Waals surface area contributed by atoms with Crippen molar-refractivity contribution >= 4 is 17.4 Å². The first-order valence-electron chi connectivity index (χ1n) is 14.3. The van der Waals surface area contributed by atoms with Crippen LogP contribution >= 0.6 is 0 Å². The van der Waals surface area contributed by atoms with E-state index in [1.807, 2.05) is 7.05 Å². The fourth-order valence-corrected chi connectivity index (χ4v) is 6.30. The molecular formula is C30H29F4N7O2. The summed E-state index contributed by atoms with van der Waals surface area (Å²) in [5, 5.41) is 3.17. The largest absolute Gasteiger partial charge is 0.493 e. The highest BCUT2D eigenvalue weighted by molar-refractivity contribution is 6.04. The summed E-state index contributed by atoms with van der Waals surface area (Å²) in [6, 6.07) is 5.32. The molecule has 0 unspecified atom stereocenters. The number of likely N-dealkylation sites (tertiary alicyclic amines) is 1. The summed E-state index contributed by atoms with van der Waals surface area (Å²) < 4.78 is 63.1. The van der Waals surface area contributed by atoms with Gasteiger partial charge in [-0.05, 0) is 57.1 Å². The number of amides is 1. The topological polar surface area (TPSA) is 87.9 Å². The van der Waals surface area contributed by atoms with Crippen LogP contribution in [-0.4, -0.2) is 68.3 Å². The van der Waals surface area contributed by atoms with E-state index in [1.165, 1.54) is 24.7 Å². The highest BCUT2D eigenvalue weighted by atomic mass is 19.4. The van der Waals surface area contributed by atoms with Gasteiger partial charge in [0.25, 0.3) is 5.91 Å². The first-order chi connectivity index (χ1) is 20.7. The Morgan fingerprint density at radius 3 is 2.70 bits per heavy atom. The summed E-state index contributed by atoms with van der Waals surface area (Å²) in [6.45, 7) is 2.66. The van der Waals surface area contributed by atoms with E-state index >= 15 is 0 Å². The van der Waals surface area contributed by atoms with Crippen LogP contribution in [-0.2, 0) is 25.7 Å². The molecule has 7 rings (SSSR count). The van der Waals surface area contributed by atoms with Crippen molar-refractivity contribution < 1.29 is 27.1 Å². The van der Waals surface area contributed by atoms with Gasteiger partial charge in [-0.15, -0.1) is 0 Å². The number of alkyl halides is 3. The number of anilines is 1. The van der Waals surface area contributed by atoms with Crippen LogP contribution in [0, 0.1) is 11.7 Å². The number of fused-ring (bicyclic) bond motifs is 3. The summed E-state index contributed by atoms with van der Waals surface area (Å²) in [6.07, 6.45) is 0.674. The van der Waals surface area contributed by atoms with Gasteiger partial charge < -0.3 is 19.9 Å². The number of rotatable bonds is 5. The minimum absolute atomic E-state index is 0.0800. The summed E-state index contributed by atoms with van der Waals surface area (Å²) in [5.41, 5.74) is 1.86. The second kappa shape index (κ2) is 10.5. The third-order valence-electron chi connectivity index (χ3n) is 8.63. The number of aromatic nitrogens is 4. The Hall–Kier alpha value is -4.26. The number of hydrogen-bond acceptors (Lipinski definition) is 7. The van der Waals surface area contributed by atoms with E-state index in [9.17, 15) is 22.4 Å². The first kappa shape index (κ1) is 27.6. The number of carbonyl (C=O) groups is 1. The van der Waals surface area contributed by atoms with Crippen LogP contribution in [0.15, 0.2) is 36.8 Å². The normalized spacial score (nSPS) is 17.4. The molecule has 224 valence electrons. The minimum Gasteiger partial charge on any atom is -0.493 e. The third kappa shape index (κ3) is 4.94. The summed E-state index contributed by atoms with van der Waals surface area (Å²) in [7, 11) is 2.04. The van der Waals surface area contributed by atoms with Gasteiger partial charge in [0.15, 0.2) is 5.69 Å². The summed E-state index contributed by atoms with van der Waals surface area (Å²) >= 11 is 0. The second-order valence-corrected chi connectivity index (χ2v) is 11.4. The molecule has 0 aliphatic carbocycles. The van der Waals surface area contributed by atoms with Gasteiger partial charge in [0, 0.05) is 48.0 Å². The lowest BCUT2D eigenvalue weighted by Crippen LogP contribution is -2.40. The van der Waals surface area contributed by atoms with Gasteiger partial charge in [0.2, 0.25) is 5.95 Å². The van der Waals surface area contributed by atoms with Crippen LogP contribution in [0.5, 0.6) is 5.75 Å². The molecular weight excluding hydrogens is 566 g/mol. The lowest BCUT2D eigenvalue weighted by Gasteiger charge is -2.33. The molecule has 9 nitrogen and oxygen atoms in total. The lowest BCUT2D eigenvalue weighted by molar-refractivity contribution is -0.141. The number of benzene rings is 1. The zero-order chi connectivity index (χ0) is 29.9. The number of nitrogens with one attached hydrogen (secondary N) is 1. The molecule has 0 radical (unpaired) electrons. The van der Waals surface area contributed by atoms with Gasteiger partial charge in [0.1, 0.15) is 23.6 Å². The Balaban J connectivity index is 1.30. The predicted molar refractivity (Wildman–Crippen MR) is 149 cm³/mol.